The molecule has 0 atom stereocenters. The third-order valence-electron chi connectivity index (χ3n) is 8.99. The maximum atomic E-state index is 15.1. The van der Waals surface area contributed by atoms with Crippen molar-refractivity contribution >= 4 is 0 Å². The van der Waals surface area contributed by atoms with Gasteiger partial charge in [0.2, 0.25) is 5.75 Å². The van der Waals surface area contributed by atoms with Crippen molar-refractivity contribution in [3.05, 3.63) is 58.7 Å². The summed E-state index contributed by atoms with van der Waals surface area (Å²) >= 11 is 0. The standard InChI is InChI=1S/C33H37F11O3/c1-2-3-4-5-6-19-15-25(34)29(26(35)16-19)20-7-9-21(10-8-20)31(38,39)45-23-13-11-22(12-14-23)32(40,41)46-24-17-27(36)30(28(37)18-24)47-33(42,43)44/h15-18,20-23H,2-14H2,1H3. The van der Waals surface area contributed by atoms with Gasteiger partial charge in [-0.1, -0.05) is 26.2 Å². The van der Waals surface area contributed by atoms with Gasteiger partial charge in [-0.25, -0.2) is 17.6 Å². The lowest BCUT2D eigenvalue weighted by Gasteiger charge is -2.38. The zero-order chi connectivity index (χ0) is 34.6. The topological polar surface area (TPSA) is 27.7 Å². The van der Waals surface area contributed by atoms with Gasteiger partial charge in [0.05, 0.1) is 17.9 Å². The Hall–Kier alpha value is -2.77. The van der Waals surface area contributed by atoms with Crippen molar-refractivity contribution < 1.29 is 62.5 Å². The summed E-state index contributed by atoms with van der Waals surface area (Å²) in [6.45, 7) is 2.06. The molecule has 0 unspecified atom stereocenters. The van der Waals surface area contributed by atoms with Gasteiger partial charge < -0.3 is 14.2 Å². The lowest BCUT2D eigenvalue weighted by molar-refractivity contribution is -0.305. The first kappa shape index (κ1) is 37.1. The molecule has 4 rings (SSSR count). The Balaban J connectivity index is 1.27. The molecular weight excluding hydrogens is 653 g/mol. The van der Waals surface area contributed by atoms with E-state index >= 15 is 8.78 Å². The second-order valence-electron chi connectivity index (χ2n) is 12.4. The van der Waals surface area contributed by atoms with Crippen LogP contribution < -0.4 is 9.47 Å². The summed E-state index contributed by atoms with van der Waals surface area (Å²) in [5.74, 6) is -11.5. The third kappa shape index (κ3) is 9.88. The average Bonchev–Trinajstić information content (AvgIpc) is 2.97. The van der Waals surface area contributed by atoms with E-state index in [0.717, 1.165) is 25.7 Å². The highest BCUT2D eigenvalue weighted by molar-refractivity contribution is 5.35. The number of unbranched alkanes of at least 4 members (excludes halogenated alkanes) is 3. The zero-order valence-electron chi connectivity index (χ0n) is 25.7. The Labute approximate surface area is 265 Å². The minimum absolute atomic E-state index is 0.0590. The fourth-order valence-electron chi connectivity index (χ4n) is 6.53. The smallest absolute Gasteiger partial charge is 0.432 e. The lowest BCUT2D eigenvalue weighted by Crippen LogP contribution is -2.42. The van der Waals surface area contributed by atoms with Gasteiger partial charge in [-0.2, -0.15) is 17.6 Å². The van der Waals surface area contributed by atoms with E-state index in [1.165, 1.54) is 12.1 Å². The van der Waals surface area contributed by atoms with Crippen LogP contribution in [0.1, 0.15) is 101 Å². The molecule has 0 bridgehead atoms. The molecule has 264 valence electrons. The second kappa shape index (κ2) is 15.2. The van der Waals surface area contributed by atoms with Gasteiger partial charge in [-0.3, -0.25) is 0 Å². The van der Waals surface area contributed by atoms with Crippen molar-refractivity contribution in [2.45, 2.75) is 121 Å². The molecule has 2 aromatic carbocycles. The van der Waals surface area contributed by atoms with Crippen molar-refractivity contribution in [2.75, 3.05) is 0 Å². The molecule has 47 heavy (non-hydrogen) atoms. The summed E-state index contributed by atoms with van der Waals surface area (Å²) in [5, 5.41) is 0. The molecular formula is C33H37F11O3. The fraction of sp³-hybridized carbons (Fsp3) is 0.636. The van der Waals surface area contributed by atoms with Gasteiger partial charge in [0, 0.05) is 17.7 Å². The molecule has 3 nitrogen and oxygen atoms in total. The zero-order valence-corrected chi connectivity index (χ0v) is 25.7. The highest BCUT2D eigenvalue weighted by atomic mass is 19.4. The Morgan fingerprint density at radius 3 is 1.68 bits per heavy atom. The van der Waals surface area contributed by atoms with Crippen molar-refractivity contribution in [3.63, 3.8) is 0 Å². The number of halogens is 11. The number of hydrogen-bond donors (Lipinski definition) is 0. The largest absolute Gasteiger partial charge is 0.573 e. The first-order valence-electron chi connectivity index (χ1n) is 15.8. The molecule has 14 heteroatoms. The SMILES string of the molecule is CCCCCCc1cc(F)c(C2CCC(C(F)(F)OC3CCC(C(F)(F)Oc4cc(F)c(OC(F)(F)F)c(F)c4)CC3)CC2)c(F)c1. The van der Waals surface area contributed by atoms with Crippen LogP contribution in [0, 0.1) is 35.1 Å². The number of aryl methyl sites for hydroxylation is 1. The monoisotopic (exact) mass is 690 g/mol. The number of rotatable bonds is 13. The number of hydrogen-bond acceptors (Lipinski definition) is 3. The maximum absolute atomic E-state index is 15.1. The van der Waals surface area contributed by atoms with E-state index in [1.54, 1.807) is 0 Å². The third-order valence-corrected chi connectivity index (χ3v) is 8.99. The number of ether oxygens (including phenoxy) is 3. The Morgan fingerprint density at radius 2 is 1.15 bits per heavy atom. The Bertz CT molecular complexity index is 1290. The van der Waals surface area contributed by atoms with Crippen LogP contribution in [0.25, 0.3) is 0 Å². The van der Waals surface area contributed by atoms with E-state index in [0.29, 0.717) is 12.0 Å². The van der Waals surface area contributed by atoms with Gasteiger partial charge in [0.15, 0.2) is 11.6 Å². The summed E-state index contributed by atoms with van der Waals surface area (Å²) in [4.78, 5) is 0. The summed E-state index contributed by atoms with van der Waals surface area (Å²) in [6, 6.07) is 2.88. The van der Waals surface area contributed by atoms with Crippen molar-refractivity contribution in [1.29, 1.82) is 0 Å². The molecule has 0 N–H and O–H groups in total. The summed E-state index contributed by atoms with van der Waals surface area (Å²) in [7, 11) is 0. The molecule has 2 aromatic rings. The number of benzene rings is 2. The predicted octanol–water partition coefficient (Wildman–Crippen LogP) is 11.4. The van der Waals surface area contributed by atoms with Gasteiger partial charge in [0.1, 0.15) is 17.4 Å². The molecule has 2 aliphatic rings. The van der Waals surface area contributed by atoms with Crippen LogP contribution in [0.5, 0.6) is 11.5 Å². The van der Waals surface area contributed by atoms with Crippen LogP contribution in [0.15, 0.2) is 24.3 Å². The minimum Gasteiger partial charge on any atom is -0.432 e. The molecule has 2 saturated carbocycles. The maximum Gasteiger partial charge on any atom is 0.573 e. The van der Waals surface area contributed by atoms with Gasteiger partial charge in [-0.05, 0) is 87.8 Å². The van der Waals surface area contributed by atoms with E-state index in [1.807, 2.05) is 0 Å². The molecule has 0 spiro atoms. The van der Waals surface area contributed by atoms with Gasteiger partial charge >= 0.3 is 18.6 Å². The van der Waals surface area contributed by atoms with Crippen LogP contribution in [-0.4, -0.2) is 24.7 Å². The predicted molar refractivity (Wildman–Crippen MR) is 149 cm³/mol. The average molecular weight is 691 g/mol. The molecule has 0 aromatic heterocycles. The van der Waals surface area contributed by atoms with Crippen LogP contribution in [-0.2, 0) is 11.2 Å². The van der Waals surface area contributed by atoms with E-state index in [-0.39, 0.29) is 69.1 Å². The summed E-state index contributed by atoms with van der Waals surface area (Å²) in [6.07, 6.45) is -10.8. The molecule has 2 aliphatic carbocycles. The molecule has 0 heterocycles. The molecule has 0 amide bonds. The van der Waals surface area contributed by atoms with Crippen LogP contribution in [0.2, 0.25) is 0 Å². The second-order valence-corrected chi connectivity index (χ2v) is 12.4. The first-order chi connectivity index (χ1) is 22.0. The minimum atomic E-state index is -5.43. The van der Waals surface area contributed by atoms with Crippen LogP contribution >= 0.6 is 0 Å². The lowest BCUT2D eigenvalue weighted by atomic mass is 9.77. The van der Waals surface area contributed by atoms with E-state index in [2.05, 4.69) is 16.4 Å². The molecule has 0 saturated heterocycles. The fourth-order valence-corrected chi connectivity index (χ4v) is 6.53. The van der Waals surface area contributed by atoms with Gasteiger partial charge in [0.25, 0.3) is 0 Å². The number of alkyl halides is 7. The Kier molecular flexibility index (Phi) is 12.0. The molecule has 0 aliphatic heterocycles. The van der Waals surface area contributed by atoms with Crippen molar-refractivity contribution in [2.24, 2.45) is 11.8 Å². The van der Waals surface area contributed by atoms with Crippen LogP contribution in [0.3, 0.4) is 0 Å². The summed E-state index contributed by atoms with van der Waals surface area (Å²) in [5.41, 5.74) is 0.464. The highest BCUT2D eigenvalue weighted by Crippen LogP contribution is 2.47. The van der Waals surface area contributed by atoms with E-state index < -0.39 is 77.2 Å². The van der Waals surface area contributed by atoms with E-state index in [9.17, 15) is 39.5 Å². The van der Waals surface area contributed by atoms with Crippen molar-refractivity contribution in [3.8, 4) is 11.5 Å². The first-order valence-corrected chi connectivity index (χ1v) is 15.8. The quantitative estimate of drug-likeness (QED) is 0.155. The molecule has 0 radical (unpaired) electrons. The Morgan fingerprint density at radius 1 is 0.617 bits per heavy atom. The van der Waals surface area contributed by atoms with Crippen molar-refractivity contribution in [1.82, 2.24) is 0 Å². The van der Waals surface area contributed by atoms with Gasteiger partial charge in [-0.15, -0.1) is 13.2 Å². The van der Waals surface area contributed by atoms with Crippen LogP contribution in [0.4, 0.5) is 48.3 Å². The van der Waals surface area contributed by atoms with E-state index in [4.69, 9.17) is 4.74 Å². The highest BCUT2D eigenvalue weighted by Gasteiger charge is 2.49. The molecule has 2 fully saturated rings. The summed E-state index contributed by atoms with van der Waals surface area (Å²) < 4.78 is 167. The normalized spacial score (nSPS) is 22.7.